The second-order valence-electron chi connectivity index (χ2n) is 6.48. The van der Waals surface area contributed by atoms with E-state index in [4.69, 9.17) is 4.74 Å². The molecule has 0 atom stereocenters. The molecule has 0 bridgehead atoms. The summed E-state index contributed by atoms with van der Waals surface area (Å²) in [6.07, 6.45) is 0.424. The number of aromatic nitrogens is 2. The van der Waals surface area contributed by atoms with E-state index >= 15 is 0 Å². The SMILES string of the molecule is CC(C)(C)OC(=O)NCC(F)(F)c1ccc(-n2ccc([N+](=O)[O-])n2)cc1. The summed E-state index contributed by atoms with van der Waals surface area (Å²) in [6, 6.07) is 6.24. The van der Waals surface area contributed by atoms with Crippen molar-refractivity contribution in [3.8, 4) is 5.69 Å². The topological polar surface area (TPSA) is 99.3 Å². The van der Waals surface area contributed by atoms with Gasteiger partial charge < -0.3 is 20.2 Å². The lowest BCUT2D eigenvalue weighted by Crippen LogP contribution is -2.38. The van der Waals surface area contributed by atoms with E-state index < -0.39 is 29.1 Å². The normalized spacial score (nSPS) is 11.9. The Labute approximate surface area is 147 Å². The van der Waals surface area contributed by atoms with E-state index in [9.17, 15) is 23.7 Å². The van der Waals surface area contributed by atoms with Crippen LogP contribution in [-0.2, 0) is 10.7 Å². The molecule has 0 unspecified atom stereocenters. The van der Waals surface area contributed by atoms with Crippen molar-refractivity contribution in [3.63, 3.8) is 0 Å². The minimum Gasteiger partial charge on any atom is -0.444 e. The zero-order valence-corrected chi connectivity index (χ0v) is 14.4. The smallest absolute Gasteiger partial charge is 0.407 e. The van der Waals surface area contributed by atoms with Crippen LogP contribution in [0.3, 0.4) is 0 Å². The van der Waals surface area contributed by atoms with Gasteiger partial charge in [-0.1, -0.05) is 12.1 Å². The number of nitro groups is 1. The van der Waals surface area contributed by atoms with E-state index in [1.54, 1.807) is 20.8 Å². The summed E-state index contributed by atoms with van der Waals surface area (Å²) < 4.78 is 34.5. The third-order valence-corrected chi connectivity index (χ3v) is 3.17. The maximum atomic E-state index is 14.2. The maximum absolute atomic E-state index is 14.2. The Kier molecular flexibility index (Phi) is 5.24. The number of carbonyl (C=O) groups is 1. The number of rotatable bonds is 5. The van der Waals surface area contributed by atoms with Gasteiger partial charge in [0.1, 0.15) is 5.60 Å². The number of benzene rings is 1. The molecule has 0 aliphatic carbocycles. The number of amides is 1. The molecule has 1 heterocycles. The molecule has 2 aromatic rings. The average molecular weight is 368 g/mol. The van der Waals surface area contributed by atoms with Gasteiger partial charge in [-0.25, -0.2) is 4.79 Å². The van der Waals surface area contributed by atoms with Gasteiger partial charge in [0.2, 0.25) is 0 Å². The van der Waals surface area contributed by atoms with Crippen LogP contribution in [0, 0.1) is 10.1 Å². The van der Waals surface area contributed by atoms with E-state index in [1.165, 1.54) is 41.2 Å². The highest BCUT2D eigenvalue weighted by atomic mass is 19.3. The molecule has 1 amide bonds. The van der Waals surface area contributed by atoms with Gasteiger partial charge in [0.05, 0.1) is 29.6 Å². The van der Waals surface area contributed by atoms with Crippen molar-refractivity contribution in [2.24, 2.45) is 0 Å². The van der Waals surface area contributed by atoms with Gasteiger partial charge in [-0.05, 0) is 37.8 Å². The first kappa shape index (κ1) is 19.3. The fourth-order valence-electron chi connectivity index (χ4n) is 2.01. The standard InChI is InChI=1S/C16H18F2N4O4/c1-15(2,3)26-14(23)19-10-16(17,18)11-4-6-12(7-5-11)21-9-8-13(20-21)22(24)25/h4-9H,10H2,1-3H3,(H,19,23). The molecule has 1 aromatic heterocycles. The lowest BCUT2D eigenvalue weighted by molar-refractivity contribution is -0.389. The molecule has 0 aliphatic heterocycles. The highest BCUT2D eigenvalue weighted by Gasteiger charge is 2.33. The molecule has 0 saturated heterocycles. The van der Waals surface area contributed by atoms with Crippen LogP contribution in [0.15, 0.2) is 36.5 Å². The van der Waals surface area contributed by atoms with E-state index in [2.05, 4.69) is 5.10 Å². The van der Waals surface area contributed by atoms with E-state index in [0.29, 0.717) is 5.69 Å². The van der Waals surface area contributed by atoms with Crippen LogP contribution in [0.4, 0.5) is 19.4 Å². The predicted octanol–water partition coefficient (Wildman–Crippen LogP) is 3.40. The summed E-state index contributed by atoms with van der Waals surface area (Å²) in [4.78, 5) is 21.5. The molecule has 1 N–H and O–H groups in total. The molecular formula is C16H18F2N4O4. The number of hydrogen-bond acceptors (Lipinski definition) is 5. The summed E-state index contributed by atoms with van der Waals surface area (Å²) in [5.41, 5.74) is -0.718. The monoisotopic (exact) mass is 368 g/mol. The molecule has 1 aromatic carbocycles. The number of nitrogens with zero attached hydrogens (tertiary/aromatic N) is 3. The highest BCUT2D eigenvalue weighted by molar-refractivity contribution is 5.67. The summed E-state index contributed by atoms with van der Waals surface area (Å²) in [6.45, 7) is 3.96. The lowest BCUT2D eigenvalue weighted by Gasteiger charge is -2.22. The van der Waals surface area contributed by atoms with Gasteiger partial charge in [0.25, 0.3) is 5.92 Å². The van der Waals surface area contributed by atoms with Crippen molar-refractivity contribution in [1.82, 2.24) is 15.1 Å². The van der Waals surface area contributed by atoms with Gasteiger partial charge in [0.15, 0.2) is 0 Å². The third kappa shape index (κ3) is 4.98. The van der Waals surface area contributed by atoms with E-state index in [-0.39, 0.29) is 11.4 Å². The number of carbonyl (C=O) groups excluding carboxylic acids is 1. The quantitative estimate of drug-likeness (QED) is 0.644. The zero-order chi connectivity index (χ0) is 19.5. The van der Waals surface area contributed by atoms with Crippen molar-refractivity contribution >= 4 is 11.9 Å². The van der Waals surface area contributed by atoms with Gasteiger partial charge in [-0.15, -0.1) is 4.68 Å². The van der Waals surface area contributed by atoms with Crippen LogP contribution in [0.1, 0.15) is 26.3 Å². The van der Waals surface area contributed by atoms with Gasteiger partial charge in [0, 0.05) is 5.56 Å². The fraction of sp³-hybridized carbons (Fsp3) is 0.375. The number of ether oxygens (including phenoxy) is 1. The Morgan fingerprint density at radius 2 is 1.88 bits per heavy atom. The van der Waals surface area contributed by atoms with E-state index in [0.717, 1.165) is 0 Å². The predicted molar refractivity (Wildman–Crippen MR) is 88.3 cm³/mol. The highest BCUT2D eigenvalue weighted by Crippen LogP contribution is 2.28. The van der Waals surface area contributed by atoms with Gasteiger partial charge in [-0.3, -0.25) is 0 Å². The Balaban J connectivity index is 2.05. The summed E-state index contributed by atoms with van der Waals surface area (Å²) >= 11 is 0. The number of nitrogens with one attached hydrogen (secondary N) is 1. The van der Waals surface area contributed by atoms with Crippen LogP contribution in [-0.4, -0.2) is 32.9 Å². The second-order valence-corrected chi connectivity index (χ2v) is 6.48. The Bertz CT molecular complexity index is 797. The number of halogens is 2. The minimum atomic E-state index is -3.31. The van der Waals surface area contributed by atoms with Crippen LogP contribution in [0.25, 0.3) is 5.69 Å². The van der Waals surface area contributed by atoms with Crippen molar-refractivity contribution in [3.05, 3.63) is 52.2 Å². The minimum absolute atomic E-state index is 0.320. The van der Waals surface area contributed by atoms with Crippen molar-refractivity contribution < 1.29 is 23.2 Å². The average Bonchev–Trinajstić information content (AvgIpc) is 3.02. The van der Waals surface area contributed by atoms with Crippen LogP contribution in [0.2, 0.25) is 0 Å². The van der Waals surface area contributed by atoms with Crippen molar-refractivity contribution in [1.29, 1.82) is 0 Å². The number of hydrogen-bond donors (Lipinski definition) is 1. The number of alkyl halides is 2. The summed E-state index contributed by atoms with van der Waals surface area (Å²) in [5.74, 6) is -3.66. The Morgan fingerprint density at radius 1 is 1.27 bits per heavy atom. The zero-order valence-electron chi connectivity index (χ0n) is 14.4. The Hall–Kier alpha value is -3.04. The molecule has 0 spiro atoms. The molecule has 0 radical (unpaired) electrons. The fourth-order valence-corrected chi connectivity index (χ4v) is 2.01. The first-order valence-electron chi connectivity index (χ1n) is 7.63. The molecule has 2 rings (SSSR count). The largest absolute Gasteiger partial charge is 0.444 e. The molecular weight excluding hydrogens is 350 g/mol. The molecule has 0 fully saturated rings. The summed E-state index contributed by atoms with van der Waals surface area (Å²) in [7, 11) is 0. The van der Waals surface area contributed by atoms with Crippen molar-refractivity contribution in [2.45, 2.75) is 32.3 Å². The van der Waals surface area contributed by atoms with Gasteiger partial charge in [-0.2, -0.15) is 8.78 Å². The Morgan fingerprint density at radius 3 is 2.38 bits per heavy atom. The van der Waals surface area contributed by atoms with E-state index in [1.807, 2.05) is 5.32 Å². The first-order valence-corrected chi connectivity index (χ1v) is 7.63. The molecule has 0 saturated carbocycles. The number of alkyl carbamates (subject to hydrolysis) is 1. The van der Waals surface area contributed by atoms with Gasteiger partial charge >= 0.3 is 11.9 Å². The van der Waals surface area contributed by atoms with Crippen LogP contribution >= 0.6 is 0 Å². The summed E-state index contributed by atoms with van der Waals surface area (Å²) in [5, 5.41) is 16.4. The molecule has 8 nitrogen and oxygen atoms in total. The molecule has 10 heteroatoms. The van der Waals surface area contributed by atoms with Crippen molar-refractivity contribution in [2.75, 3.05) is 6.54 Å². The van der Waals surface area contributed by atoms with Crippen LogP contribution in [0.5, 0.6) is 0 Å². The molecule has 0 aliphatic rings. The lowest BCUT2D eigenvalue weighted by atomic mass is 10.1. The molecule has 26 heavy (non-hydrogen) atoms. The third-order valence-electron chi connectivity index (χ3n) is 3.17. The second kappa shape index (κ2) is 7.06. The maximum Gasteiger partial charge on any atom is 0.407 e. The van der Waals surface area contributed by atoms with Crippen LogP contribution < -0.4 is 5.32 Å². The first-order chi connectivity index (χ1) is 12.0. The molecule has 140 valence electrons.